The average Bonchev–Trinajstić information content (AvgIpc) is 2.50. The number of non-ortho nitro benzene ring substituents is 1. The van der Waals surface area contributed by atoms with Gasteiger partial charge < -0.3 is 5.32 Å². The van der Waals surface area contributed by atoms with Crippen LogP contribution in [0.2, 0.25) is 5.02 Å². The molecular weight excluding hydrogens is 308 g/mol. The van der Waals surface area contributed by atoms with Gasteiger partial charge in [0.15, 0.2) is 0 Å². The van der Waals surface area contributed by atoms with Crippen LogP contribution in [0.3, 0.4) is 0 Å². The molecule has 1 aromatic rings. The van der Waals surface area contributed by atoms with Crippen LogP contribution < -0.4 is 5.32 Å². The van der Waals surface area contributed by atoms with E-state index in [2.05, 4.69) is 11.6 Å². The summed E-state index contributed by atoms with van der Waals surface area (Å²) in [6.45, 7) is 1.50. The molecule has 0 heterocycles. The summed E-state index contributed by atoms with van der Waals surface area (Å²) in [6.07, 6.45) is 8.57. The lowest BCUT2D eigenvalue weighted by molar-refractivity contribution is -0.384. The molecule has 1 fully saturated rings. The molecule has 6 heteroatoms. The smallest absolute Gasteiger partial charge is 0.269 e. The highest BCUT2D eigenvalue weighted by molar-refractivity contribution is 8.00. The van der Waals surface area contributed by atoms with Gasteiger partial charge in [-0.3, -0.25) is 10.1 Å². The number of nitro benzene ring substituents is 1. The molecule has 0 spiro atoms. The molecule has 1 N–H and O–H groups in total. The quantitative estimate of drug-likeness (QED) is 0.621. The molecule has 116 valence electrons. The van der Waals surface area contributed by atoms with E-state index in [9.17, 15) is 10.1 Å². The zero-order valence-corrected chi connectivity index (χ0v) is 13.8. The number of hydrogen-bond acceptors (Lipinski definition) is 4. The Morgan fingerprint density at radius 3 is 2.71 bits per heavy atom. The molecule has 4 nitrogen and oxygen atoms in total. The van der Waals surface area contributed by atoms with Crippen molar-refractivity contribution in [1.82, 2.24) is 5.32 Å². The van der Waals surface area contributed by atoms with E-state index in [-0.39, 0.29) is 10.6 Å². The van der Waals surface area contributed by atoms with Crippen molar-refractivity contribution in [1.29, 1.82) is 0 Å². The fourth-order valence-corrected chi connectivity index (χ4v) is 4.01. The van der Waals surface area contributed by atoms with Crippen molar-refractivity contribution in [2.45, 2.75) is 43.4 Å². The van der Waals surface area contributed by atoms with Crippen LogP contribution in [0, 0.1) is 10.1 Å². The monoisotopic (exact) mass is 328 g/mol. The van der Waals surface area contributed by atoms with Crippen molar-refractivity contribution in [2.75, 3.05) is 12.8 Å². The van der Waals surface area contributed by atoms with Crippen LogP contribution in [0.1, 0.15) is 37.7 Å². The number of benzene rings is 1. The van der Waals surface area contributed by atoms with E-state index in [0.717, 1.165) is 12.1 Å². The maximum atomic E-state index is 10.8. The molecule has 0 amide bonds. The van der Waals surface area contributed by atoms with Gasteiger partial charge in [-0.1, -0.05) is 30.9 Å². The van der Waals surface area contributed by atoms with Gasteiger partial charge in [0.25, 0.3) is 5.69 Å². The summed E-state index contributed by atoms with van der Waals surface area (Å²) in [5, 5.41) is 14.8. The zero-order valence-electron chi connectivity index (χ0n) is 12.2. The Balaban J connectivity index is 1.96. The molecule has 0 aliphatic heterocycles. The Hall–Kier alpha value is -0.780. The summed E-state index contributed by atoms with van der Waals surface area (Å²) >= 11 is 8.06. The van der Waals surface area contributed by atoms with E-state index in [1.54, 1.807) is 12.1 Å². The van der Waals surface area contributed by atoms with E-state index < -0.39 is 0 Å². The van der Waals surface area contributed by atoms with Crippen LogP contribution >= 0.6 is 23.4 Å². The van der Waals surface area contributed by atoms with Gasteiger partial charge in [0.1, 0.15) is 0 Å². The molecule has 1 saturated carbocycles. The minimum absolute atomic E-state index is 0.0912. The van der Waals surface area contributed by atoms with Gasteiger partial charge in [-0.05, 0) is 30.7 Å². The van der Waals surface area contributed by atoms with Crippen LogP contribution in [0.4, 0.5) is 5.69 Å². The number of halogens is 1. The zero-order chi connectivity index (χ0) is 15.3. The molecular formula is C15H21ClN2O2S. The summed E-state index contributed by atoms with van der Waals surface area (Å²) in [5.74, 6) is 0. The second-order valence-electron chi connectivity index (χ2n) is 5.58. The van der Waals surface area contributed by atoms with Gasteiger partial charge in [-0.2, -0.15) is 11.8 Å². The van der Waals surface area contributed by atoms with Crippen molar-refractivity contribution in [2.24, 2.45) is 0 Å². The van der Waals surface area contributed by atoms with Crippen LogP contribution in [0.5, 0.6) is 0 Å². The maximum absolute atomic E-state index is 10.8. The second kappa shape index (κ2) is 7.47. The predicted molar refractivity (Wildman–Crippen MR) is 89.1 cm³/mol. The van der Waals surface area contributed by atoms with Crippen molar-refractivity contribution in [3.8, 4) is 0 Å². The van der Waals surface area contributed by atoms with Gasteiger partial charge in [-0.25, -0.2) is 0 Å². The van der Waals surface area contributed by atoms with E-state index in [0.29, 0.717) is 16.3 Å². The van der Waals surface area contributed by atoms with E-state index in [1.807, 2.05) is 11.8 Å². The normalized spacial score (nSPS) is 17.6. The molecule has 1 aliphatic carbocycles. The highest BCUT2D eigenvalue weighted by atomic mass is 35.5. The first-order valence-corrected chi connectivity index (χ1v) is 8.85. The Morgan fingerprint density at radius 1 is 1.38 bits per heavy atom. The summed E-state index contributed by atoms with van der Waals surface area (Å²) in [6, 6.07) is 4.60. The molecule has 21 heavy (non-hydrogen) atoms. The number of hydrogen-bond donors (Lipinski definition) is 1. The first-order chi connectivity index (χ1) is 10.1. The van der Waals surface area contributed by atoms with E-state index >= 15 is 0 Å². The third-order valence-electron chi connectivity index (χ3n) is 4.20. The lowest BCUT2D eigenvalue weighted by atomic mass is 9.88. The lowest BCUT2D eigenvalue weighted by Crippen LogP contribution is -2.39. The minimum atomic E-state index is -0.385. The predicted octanol–water partition coefficient (Wildman–Crippen LogP) is 4.40. The maximum Gasteiger partial charge on any atom is 0.269 e. The summed E-state index contributed by atoms with van der Waals surface area (Å²) in [7, 11) is 0. The molecule has 0 bridgehead atoms. The number of nitrogens with one attached hydrogen (secondary N) is 1. The molecule has 0 aromatic heterocycles. The van der Waals surface area contributed by atoms with Gasteiger partial charge >= 0.3 is 0 Å². The average molecular weight is 329 g/mol. The van der Waals surface area contributed by atoms with Crippen LogP contribution in [-0.2, 0) is 6.54 Å². The molecule has 0 saturated heterocycles. The topological polar surface area (TPSA) is 55.2 Å². The van der Waals surface area contributed by atoms with E-state index in [4.69, 9.17) is 11.6 Å². The number of rotatable bonds is 6. The fraction of sp³-hybridized carbons (Fsp3) is 0.600. The second-order valence-corrected chi connectivity index (χ2v) is 7.27. The lowest BCUT2D eigenvalue weighted by Gasteiger charge is -2.36. The fourth-order valence-electron chi connectivity index (χ4n) is 2.88. The minimum Gasteiger partial charge on any atom is -0.311 e. The Bertz CT molecular complexity index is 504. The van der Waals surface area contributed by atoms with Gasteiger partial charge in [-0.15, -0.1) is 0 Å². The van der Waals surface area contributed by atoms with Crippen molar-refractivity contribution < 1.29 is 4.92 Å². The summed E-state index contributed by atoms with van der Waals surface area (Å²) < 4.78 is 0.311. The van der Waals surface area contributed by atoms with Crippen molar-refractivity contribution in [3.05, 3.63) is 38.9 Å². The SMILES string of the molecule is CSC1(CNCc2cc([N+](=O)[O-])ccc2Cl)CCCCC1. The first kappa shape index (κ1) is 16.6. The first-order valence-electron chi connectivity index (χ1n) is 7.25. The molecule has 0 atom stereocenters. The van der Waals surface area contributed by atoms with E-state index in [1.165, 1.54) is 38.2 Å². The Morgan fingerprint density at radius 2 is 2.10 bits per heavy atom. The summed E-state index contributed by atoms with van der Waals surface area (Å²) in [4.78, 5) is 10.4. The van der Waals surface area contributed by atoms with Crippen LogP contribution in [-0.4, -0.2) is 22.5 Å². The number of thioether (sulfide) groups is 1. The molecule has 0 radical (unpaired) electrons. The standard InChI is InChI=1S/C15H21ClN2O2S/c1-21-15(7-3-2-4-8-15)11-17-10-12-9-13(18(19)20)5-6-14(12)16/h5-6,9,17H,2-4,7-8,10-11H2,1H3. The van der Waals surface area contributed by atoms with Crippen molar-refractivity contribution in [3.63, 3.8) is 0 Å². The van der Waals surface area contributed by atoms with Crippen LogP contribution in [0.25, 0.3) is 0 Å². The molecule has 2 rings (SSSR count). The third kappa shape index (κ3) is 4.34. The molecule has 1 aliphatic rings. The molecule has 0 unspecified atom stereocenters. The number of nitrogens with zero attached hydrogens (tertiary/aromatic N) is 1. The Kier molecular flexibility index (Phi) is 5.90. The molecule has 1 aromatic carbocycles. The Labute approximate surface area is 134 Å². The highest BCUT2D eigenvalue weighted by Gasteiger charge is 2.30. The third-order valence-corrected chi connectivity index (χ3v) is 5.99. The van der Waals surface area contributed by atoms with Crippen molar-refractivity contribution >= 4 is 29.1 Å². The largest absolute Gasteiger partial charge is 0.311 e. The number of nitro groups is 1. The highest BCUT2D eigenvalue weighted by Crippen LogP contribution is 2.38. The van der Waals surface area contributed by atoms with Crippen LogP contribution in [0.15, 0.2) is 18.2 Å². The van der Waals surface area contributed by atoms with Gasteiger partial charge in [0, 0.05) is 35.0 Å². The van der Waals surface area contributed by atoms with Gasteiger partial charge in [0.2, 0.25) is 0 Å². The summed E-state index contributed by atoms with van der Waals surface area (Å²) in [5.41, 5.74) is 0.881. The van der Waals surface area contributed by atoms with Gasteiger partial charge in [0.05, 0.1) is 4.92 Å².